The summed E-state index contributed by atoms with van der Waals surface area (Å²) in [6, 6.07) is 7.57. The van der Waals surface area contributed by atoms with E-state index < -0.39 is 6.09 Å². The topological polar surface area (TPSA) is 67.0 Å². The first-order valence-electron chi connectivity index (χ1n) is 6.22. The SMILES string of the molecule is Cc1ccc(NC(=O)OCCCc2c[nH]cn2)cc1. The maximum atomic E-state index is 11.5. The summed E-state index contributed by atoms with van der Waals surface area (Å²) in [5.74, 6) is 0. The number of aromatic nitrogens is 2. The highest BCUT2D eigenvalue weighted by Gasteiger charge is 2.03. The van der Waals surface area contributed by atoms with Crippen LogP contribution in [0.25, 0.3) is 0 Å². The molecule has 0 radical (unpaired) electrons. The van der Waals surface area contributed by atoms with Crippen molar-refractivity contribution in [2.45, 2.75) is 19.8 Å². The minimum Gasteiger partial charge on any atom is -0.449 e. The fraction of sp³-hybridized carbons (Fsp3) is 0.286. The van der Waals surface area contributed by atoms with Crippen LogP contribution in [0.3, 0.4) is 0 Å². The summed E-state index contributed by atoms with van der Waals surface area (Å²) in [7, 11) is 0. The molecule has 1 aromatic heterocycles. The van der Waals surface area contributed by atoms with Gasteiger partial charge in [0.1, 0.15) is 0 Å². The summed E-state index contributed by atoms with van der Waals surface area (Å²) in [6.07, 6.45) is 4.60. The number of ether oxygens (including phenoxy) is 1. The predicted molar refractivity (Wildman–Crippen MR) is 73.1 cm³/mol. The number of imidazole rings is 1. The molecule has 100 valence electrons. The highest BCUT2D eigenvalue weighted by atomic mass is 16.5. The highest BCUT2D eigenvalue weighted by Crippen LogP contribution is 2.08. The van der Waals surface area contributed by atoms with E-state index in [1.807, 2.05) is 37.4 Å². The van der Waals surface area contributed by atoms with E-state index in [9.17, 15) is 4.79 Å². The molecule has 2 rings (SSSR count). The molecule has 0 fully saturated rings. The summed E-state index contributed by atoms with van der Waals surface area (Å²) in [5.41, 5.74) is 2.86. The molecule has 0 bridgehead atoms. The Balaban J connectivity index is 1.65. The lowest BCUT2D eigenvalue weighted by Crippen LogP contribution is -2.14. The quantitative estimate of drug-likeness (QED) is 0.811. The van der Waals surface area contributed by atoms with E-state index in [1.165, 1.54) is 0 Å². The largest absolute Gasteiger partial charge is 0.449 e. The van der Waals surface area contributed by atoms with Gasteiger partial charge in [0.05, 0.1) is 18.6 Å². The Morgan fingerprint density at radius 3 is 2.84 bits per heavy atom. The molecule has 0 aliphatic carbocycles. The van der Waals surface area contributed by atoms with Crippen molar-refractivity contribution in [2.75, 3.05) is 11.9 Å². The van der Waals surface area contributed by atoms with E-state index in [0.717, 1.165) is 29.8 Å². The van der Waals surface area contributed by atoms with Crippen LogP contribution in [0.5, 0.6) is 0 Å². The minimum atomic E-state index is -0.425. The van der Waals surface area contributed by atoms with E-state index in [0.29, 0.717) is 6.61 Å². The average molecular weight is 259 g/mol. The number of hydrogen-bond donors (Lipinski definition) is 2. The van der Waals surface area contributed by atoms with Gasteiger partial charge in [-0.2, -0.15) is 0 Å². The van der Waals surface area contributed by atoms with Gasteiger partial charge in [-0.1, -0.05) is 17.7 Å². The smallest absolute Gasteiger partial charge is 0.411 e. The second-order valence-electron chi connectivity index (χ2n) is 4.29. The first-order chi connectivity index (χ1) is 9.24. The monoisotopic (exact) mass is 259 g/mol. The number of carbonyl (C=O) groups excluding carboxylic acids is 1. The Morgan fingerprint density at radius 2 is 2.16 bits per heavy atom. The van der Waals surface area contributed by atoms with Gasteiger partial charge < -0.3 is 9.72 Å². The first kappa shape index (κ1) is 13.1. The van der Waals surface area contributed by atoms with Crippen molar-refractivity contribution in [1.29, 1.82) is 0 Å². The number of rotatable bonds is 5. The van der Waals surface area contributed by atoms with Gasteiger partial charge >= 0.3 is 6.09 Å². The Labute approximate surface area is 112 Å². The number of amides is 1. The first-order valence-corrected chi connectivity index (χ1v) is 6.22. The standard InChI is InChI=1S/C14H17N3O2/c1-11-4-6-12(7-5-11)17-14(18)19-8-2-3-13-9-15-10-16-13/h4-7,9-10H,2-3,8H2,1H3,(H,15,16)(H,17,18). The van der Waals surface area contributed by atoms with Crippen LogP contribution in [0.2, 0.25) is 0 Å². The number of nitrogens with zero attached hydrogens (tertiary/aromatic N) is 1. The van der Waals surface area contributed by atoms with Crippen molar-refractivity contribution in [2.24, 2.45) is 0 Å². The van der Waals surface area contributed by atoms with Gasteiger partial charge in [-0.3, -0.25) is 5.32 Å². The zero-order valence-corrected chi connectivity index (χ0v) is 10.8. The van der Waals surface area contributed by atoms with E-state index in [-0.39, 0.29) is 0 Å². The zero-order valence-electron chi connectivity index (χ0n) is 10.8. The number of nitrogens with one attached hydrogen (secondary N) is 2. The Kier molecular flexibility index (Phi) is 4.55. The fourth-order valence-electron chi connectivity index (χ4n) is 1.64. The van der Waals surface area contributed by atoms with Crippen LogP contribution in [-0.4, -0.2) is 22.7 Å². The molecule has 19 heavy (non-hydrogen) atoms. The van der Waals surface area contributed by atoms with Gasteiger partial charge in [0.25, 0.3) is 0 Å². The highest BCUT2D eigenvalue weighted by molar-refractivity contribution is 5.84. The maximum Gasteiger partial charge on any atom is 0.411 e. The normalized spacial score (nSPS) is 10.2. The van der Waals surface area contributed by atoms with E-state index in [2.05, 4.69) is 15.3 Å². The summed E-state index contributed by atoms with van der Waals surface area (Å²) in [4.78, 5) is 18.5. The van der Waals surface area contributed by atoms with Crippen molar-refractivity contribution in [1.82, 2.24) is 9.97 Å². The second-order valence-corrected chi connectivity index (χ2v) is 4.29. The zero-order chi connectivity index (χ0) is 13.5. The van der Waals surface area contributed by atoms with Crippen LogP contribution in [-0.2, 0) is 11.2 Å². The number of H-pyrrole nitrogens is 1. The van der Waals surface area contributed by atoms with Crippen molar-refractivity contribution in [3.63, 3.8) is 0 Å². The molecule has 0 saturated heterocycles. The number of aromatic amines is 1. The molecule has 0 saturated carbocycles. The summed E-state index contributed by atoms with van der Waals surface area (Å²) >= 11 is 0. The van der Waals surface area contributed by atoms with Crippen LogP contribution in [0, 0.1) is 6.92 Å². The lowest BCUT2D eigenvalue weighted by molar-refractivity contribution is 0.160. The van der Waals surface area contributed by atoms with Crippen molar-refractivity contribution in [3.05, 3.63) is 48.0 Å². The third-order valence-electron chi connectivity index (χ3n) is 2.66. The molecule has 1 aromatic carbocycles. The molecule has 2 N–H and O–H groups in total. The molecule has 0 atom stereocenters. The van der Waals surface area contributed by atoms with Crippen molar-refractivity contribution < 1.29 is 9.53 Å². The summed E-state index contributed by atoms with van der Waals surface area (Å²) in [6.45, 7) is 2.38. The predicted octanol–water partition coefficient (Wildman–Crippen LogP) is 2.90. The van der Waals surface area contributed by atoms with Gasteiger partial charge in [-0.25, -0.2) is 9.78 Å². The molecule has 2 aromatic rings. The Hall–Kier alpha value is -2.30. The van der Waals surface area contributed by atoms with E-state index in [4.69, 9.17) is 4.74 Å². The number of benzene rings is 1. The Bertz CT molecular complexity index is 506. The number of aryl methyl sites for hydroxylation is 2. The lowest BCUT2D eigenvalue weighted by Gasteiger charge is -2.06. The Morgan fingerprint density at radius 1 is 1.37 bits per heavy atom. The second kappa shape index (κ2) is 6.58. The van der Waals surface area contributed by atoms with Crippen LogP contribution < -0.4 is 5.32 Å². The van der Waals surface area contributed by atoms with Crippen LogP contribution in [0.15, 0.2) is 36.8 Å². The van der Waals surface area contributed by atoms with Crippen LogP contribution in [0.1, 0.15) is 17.7 Å². The molecule has 1 amide bonds. The van der Waals surface area contributed by atoms with Gasteiger partial charge in [-0.05, 0) is 31.9 Å². The third-order valence-corrected chi connectivity index (χ3v) is 2.66. The summed E-state index contributed by atoms with van der Waals surface area (Å²) in [5, 5.41) is 2.68. The summed E-state index contributed by atoms with van der Waals surface area (Å²) < 4.78 is 5.09. The van der Waals surface area contributed by atoms with Crippen molar-refractivity contribution in [3.8, 4) is 0 Å². The molecule has 5 nitrogen and oxygen atoms in total. The number of carbonyl (C=O) groups is 1. The van der Waals surface area contributed by atoms with E-state index >= 15 is 0 Å². The lowest BCUT2D eigenvalue weighted by atomic mass is 10.2. The maximum absolute atomic E-state index is 11.5. The third kappa shape index (κ3) is 4.46. The van der Waals surface area contributed by atoms with Crippen LogP contribution >= 0.6 is 0 Å². The van der Waals surface area contributed by atoms with Gasteiger partial charge in [0.15, 0.2) is 0 Å². The van der Waals surface area contributed by atoms with E-state index in [1.54, 1.807) is 6.33 Å². The van der Waals surface area contributed by atoms with Crippen molar-refractivity contribution >= 4 is 11.8 Å². The molecular weight excluding hydrogens is 242 g/mol. The number of hydrogen-bond acceptors (Lipinski definition) is 3. The average Bonchev–Trinajstić information content (AvgIpc) is 2.91. The molecule has 0 unspecified atom stereocenters. The fourth-order valence-corrected chi connectivity index (χ4v) is 1.64. The molecule has 0 aliphatic heterocycles. The molecular formula is C14H17N3O2. The van der Waals surface area contributed by atoms with Crippen LogP contribution in [0.4, 0.5) is 10.5 Å². The molecule has 5 heteroatoms. The van der Waals surface area contributed by atoms with Gasteiger partial charge in [0, 0.05) is 11.9 Å². The molecule has 0 aliphatic rings. The molecule has 1 heterocycles. The number of anilines is 1. The van der Waals surface area contributed by atoms with Gasteiger partial charge in [-0.15, -0.1) is 0 Å². The molecule has 0 spiro atoms. The van der Waals surface area contributed by atoms with Gasteiger partial charge in [0.2, 0.25) is 0 Å². The minimum absolute atomic E-state index is 0.380.